The van der Waals surface area contributed by atoms with Gasteiger partial charge in [-0.3, -0.25) is 9.59 Å². The van der Waals surface area contributed by atoms with Crippen molar-refractivity contribution in [2.24, 2.45) is 0 Å². The molecule has 0 bridgehead atoms. The second-order valence-corrected chi connectivity index (χ2v) is 4.99. The average Bonchev–Trinajstić information content (AvgIpc) is 3.09. The second kappa shape index (κ2) is 5.09. The number of likely N-dealkylation sites (N-methyl/N-ethyl adjacent to an activating group) is 1. The standard InChI is InChI=1S/C16H16N2O3/c1-3-18(10-12-5-4-8-21-12)11-6-7-13-14(9-11)17(2)16(20)15(13)19/h4-9H,3,10H2,1-2H3. The molecule has 0 saturated carbocycles. The van der Waals surface area contributed by atoms with Crippen molar-refractivity contribution in [1.29, 1.82) is 0 Å². The SMILES string of the molecule is CCN(Cc1ccco1)c1ccc2c(c1)N(C)C(=O)C2=O. The molecule has 2 heterocycles. The molecule has 0 spiro atoms. The number of carbonyl (C=O) groups excluding carboxylic acids is 2. The van der Waals surface area contributed by atoms with Crippen LogP contribution in [-0.2, 0) is 11.3 Å². The van der Waals surface area contributed by atoms with Crippen molar-refractivity contribution in [2.45, 2.75) is 13.5 Å². The maximum atomic E-state index is 11.8. The Labute approximate surface area is 122 Å². The van der Waals surface area contributed by atoms with Gasteiger partial charge in [-0.15, -0.1) is 0 Å². The van der Waals surface area contributed by atoms with Gasteiger partial charge in [-0.2, -0.15) is 0 Å². The van der Waals surface area contributed by atoms with Crippen molar-refractivity contribution in [1.82, 2.24) is 0 Å². The predicted molar refractivity (Wildman–Crippen MR) is 79.6 cm³/mol. The molecule has 1 aromatic heterocycles. The molecule has 21 heavy (non-hydrogen) atoms. The minimum absolute atomic E-state index is 0.437. The van der Waals surface area contributed by atoms with E-state index in [2.05, 4.69) is 11.8 Å². The van der Waals surface area contributed by atoms with Crippen LogP contribution in [0.5, 0.6) is 0 Å². The minimum Gasteiger partial charge on any atom is -0.467 e. The molecule has 0 aliphatic carbocycles. The third-order valence-electron chi connectivity index (χ3n) is 3.76. The van der Waals surface area contributed by atoms with Crippen molar-refractivity contribution < 1.29 is 14.0 Å². The normalized spacial score (nSPS) is 13.7. The largest absolute Gasteiger partial charge is 0.467 e. The summed E-state index contributed by atoms with van der Waals surface area (Å²) in [5.41, 5.74) is 2.10. The van der Waals surface area contributed by atoms with Crippen LogP contribution in [0.25, 0.3) is 0 Å². The summed E-state index contributed by atoms with van der Waals surface area (Å²) in [7, 11) is 1.62. The first-order chi connectivity index (χ1) is 10.1. The smallest absolute Gasteiger partial charge is 0.299 e. The molecule has 0 fully saturated rings. The highest BCUT2D eigenvalue weighted by atomic mass is 16.3. The van der Waals surface area contributed by atoms with Gasteiger partial charge in [-0.25, -0.2) is 0 Å². The zero-order valence-corrected chi connectivity index (χ0v) is 12.0. The van der Waals surface area contributed by atoms with E-state index in [1.807, 2.05) is 24.3 Å². The van der Waals surface area contributed by atoms with Gasteiger partial charge in [-0.05, 0) is 37.3 Å². The van der Waals surface area contributed by atoms with Gasteiger partial charge in [0.05, 0.1) is 24.1 Å². The average molecular weight is 284 g/mol. The fourth-order valence-electron chi connectivity index (χ4n) is 2.54. The lowest BCUT2D eigenvalue weighted by atomic mass is 10.1. The van der Waals surface area contributed by atoms with E-state index >= 15 is 0 Å². The fourth-order valence-corrected chi connectivity index (χ4v) is 2.54. The molecule has 3 rings (SSSR count). The molecule has 1 amide bonds. The van der Waals surface area contributed by atoms with Gasteiger partial charge in [0.2, 0.25) is 0 Å². The molecule has 5 nitrogen and oxygen atoms in total. The van der Waals surface area contributed by atoms with E-state index in [1.54, 1.807) is 19.4 Å². The lowest BCUT2D eigenvalue weighted by Gasteiger charge is -2.23. The van der Waals surface area contributed by atoms with E-state index in [0.29, 0.717) is 17.8 Å². The molecular formula is C16H16N2O3. The number of hydrogen-bond donors (Lipinski definition) is 0. The summed E-state index contributed by atoms with van der Waals surface area (Å²) >= 11 is 0. The Morgan fingerprint density at radius 1 is 1.24 bits per heavy atom. The molecule has 1 aromatic carbocycles. The van der Waals surface area contributed by atoms with Crippen LogP contribution in [0, 0.1) is 0 Å². The molecule has 1 aliphatic heterocycles. The van der Waals surface area contributed by atoms with Crippen LogP contribution in [0.1, 0.15) is 23.0 Å². The van der Waals surface area contributed by atoms with E-state index in [0.717, 1.165) is 18.0 Å². The van der Waals surface area contributed by atoms with Crippen molar-refractivity contribution in [2.75, 3.05) is 23.4 Å². The van der Waals surface area contributed by atoms with Gasteiger partial charge in [0.25, 0.3) is 11.7 Å². The summed E-state index contributed by atoms with van der Waals surface area (Å²) in [6, 6.07) is 9.26. The van der Waals surface area contributed by atoms with Crippen molar-refractivity contribution in [3.05, 3.63) is 47.9 Å². The Bertz CT molecular complexity index is 692. The molecule has 0 atom stereocenters. The van der Waals surface area contributed by atoms with Crippen LogP contribution in [0.15, 0.2) is 41.0 Å². The number of amides is 1. The molecule has 108 valence electrons. The zero-order chi connectivity index (χ0) is 15.0. The summed E-state index contributed by atoms with van der Waals surface area (Å²) in [6.07, 6.45) is 1.65. The summed E-state index contributed by atoms with van der Waals surface area (Å²) < 4.78 is 5.37. The van der Waals surface area contributed by atoms with Crippen LogP contribution in [0.2, 0.25) is 0 Å². The van der Waals surface area contributed by atoms with Crippen molar-refractivity contribution in [3.8, 4) is 0 Å². The molecule has 0 saturated heterocycles. The highest BCUT2D eigenvalue weighted by Gasteiger charge is 2.33. The van der Waals surface area contributed by atoms with Gasteiger partial charge < -0.3 is 14.2 Å². The number of nitrogens with zero attached hydrogens (tertiary/aromatic N) is 2. The second-order valence-electron chi connectivity index (χ2n) is 4.99. The predicted octanol–water partition coefficient (Wildman–Crippen LogP) is 2.47. The number of carbonyl (C=O) groups is 2. The molecular weight excluding hydrogens is 268 g/mol. The quantitative estimate of drug-likeness (QED) is 0.809. The van der Waals surface area contributed by atoms with Crippen molar-refractivity contribution >= 4 is 23.1 Å². The molecule has 5 heteroatoms. The van der Waals surface area contributed by atoms with Gasteiger partial charge >= 0.3 is 0 Å². The lowest BCUT2D eigenvalue weighted by molar-refractivity contribution is -0.114. The molecule has 0 unspecified atom stereocenters. The third kappa shape index (κ3) is 2.20. The summed E-state index contributed by atoms with van der Waals surface area (Å²) in [6.45, 7) is 3.50. The maximum Gasteiger partial charge on any atom is 0.299 e. The van der Waals surface area contributed by atoms with E-state index in [1.165, 1.54) is 4.90 Å². The number of fused-ring (bicyclic) bond motifs is 1. The fraction of sp³-hybridized carbons (Fsp3) is 0.250. The maximum absolute atomic E-state index is 11.8. The van der Waals surface area contributed by atoms with Gasteiger partial charge in [-0.1, -0.05) is 0 Å². The van der Waals surface area contributed by atoms with Crippen LogP contribution >= 0.6 is 0 Å². The monoisotopic (exact) mass is 284 g/mol. The molecule has 2 aromatic rings. The van der Waals surface area contributed by atoms with E-state index in [9.17, 15) is 9.59 Å². The molecule has 1 aliphatic rings. The zero-order valence-electron chi connectivity index (χ0n) is 12.0. The Morgan fingerprint density at radius 3 is 2.71 bits per heavy atom. The van der Waals surface area contributed by atoms with Crippen molar-refractivity contribution in [3.63, 3.8) is 0 Å². The number of hydrogen-bond acceptors (Lipinski definition) is 4. The Kier molecular flexibility index (Phi) is 3.25. The minimum atomic E-state index is -0.476. The van der Waals surface area contributed by atoms with E-state index < -0.39 is 11.7 Å². The summed E-state index contributed by atoms with van der Waals surface area (Å²) in [5, 5.41) is 0. The summed E-state index contributed by atoms with van der Waals surface area (Å²) in [4.78, 5) is 27.0. The number of rotatable bonds is 4. The van der Waals surface area contributed by atoms with Gasteiger partial charge in [0.15, 0.2) is 0 Å². The topological polar surface area (TPSA) is 53.8 Å². The third-order valence-corrected chi connectivity index (χ3v) is 3.76. The first kappa shape index (κ1) is 13.4. The van der Waals surface area contributed by atoms with Crippen LogP contribution in [0.3, 0.4) is 0 Å². The van der Waals surface area contributed by atoms with Gasteiger partial charge in [0.1, 0.15) is 5.76 Å². The first-order valence-electron chi connectivity index (χ1n) is 6.85. The van der Waals surface area contributed by atoms with E-state index in [4.69, 9.17) is 4.42 Å². The highest BCUT2D eigenvalue weighted by molar-refractivity contribution is 6.52. The molecule has 0 radical (unpaired) electrons. The highest BCUT2D eigenvalue weighted by Crippen LogP contribution is 2.32. The van der Waals surface area contributed by atoms with Crippen LogP contribution < -0.4 is 9.80 Å². The van der Waals surface area contributed by atoms with Gasteiger partial charge in [0, 0.05) is 19.3 Å². The Morgan fingerprint density at radius 2 is 2.05 bits per heavy atom. The van der Waals surface area contributed by atoms with E-state index in [-0.39, 0.29) is 0 Å². The molecule has 0 N–H and O–H groups in total. The number of benzene rings is 1. The lowest BCUT2D eigenvalue weighted by Crippen LogP contribution is -2.25. The number of Topliss-reactive ketones (excluding diaryl/α,β-unsaturated/α-hetero) is 1. The Hall–Kier alpha value is -2.56. The number of ketones is 1. The first-order valence-corrected chi connectivity index (χ1v) is 6.85. The Balaban J connectivity index is 1.93. The number of anilines is 2. The van der Waals surface area contributed by atoms with Crippen LogP contribution in [-0.4, -0.2) is 25.3 Å². The van der Waals surface area contributed by atoms with Crippen LogP contribution in [0.4, 0.5) is 11.4 Å². The summed E-state index contributed by atoms with van der Waals surface area (Å²) in [5.74, 6) is -0.0396. The number of furan rings is 1.